The highest BCUT2D eigenvalue weighted by atomic mass is 16.5. The molecular formula is C13H17NO3. The van der Waals surface area contributed by atoms with Gasteiger partial charge in [0.1, 0.15) is 5.75 Å². The third-order valence-corrected chi connectivity index (χ3v) is 3.08. The number of ether oxygens (including phenoxy) is 1. The molecule has 1 aliphatic rings. The zero-order chi connectivity index (χ0) is 12.3. The number of carboxylic acids is 1. The van der Waals surface area contributed by atoms with Crippen molar-refractivity contribution >= 4 is 11.7 Å². The second-order valence-corrected chi connectivity index (χ2v) is 4.36. The summed E-state index contributed by atoms with van der Waals surface area (Å²) >= 11 is 0. The minimum Gasteiger partial charge on any atom is -0.482 e. The third kappa shape index (κ3) is 2.90. The first-order chi connectivity index (χ1) is 8.19. The van der Waals surface area contributed by atoms with E-state index in [2.05, 4.69) is 11.8 Å². The molecule has 92 valence electrons. The number of carbonyl (C=O) groups is 1. The topological polar surface area (TPSA) is 49.8 Å². The van der Waals surface area contributed by atoms with E-state index in [-0.39, 0.29) is 6.61 Å². The van der Waals surface area contributed by atoms with Gasteiger partial charge in [-0.2, -0.15) is 0 Å². The van der Waals surface area contributed by atoms with E-state index in [1.807, 2.05) is 18.2 Å². The van der Waals surface area contributed by atoms with Crippen molar-refractivity contribution in [2.45, 2.75) is 13.3 Å². The lowest BCUT2D eigenvalue weighted by molar-refractivity contribution is -0.139. The fraction of sp³-hybridized carbons (Fsp3) is 0.462. The average Bonchev–Trinajstić information content (AvgIpc) is 2.26. The number of rotatable bonds is 5. The lowest BCUT2D eigenvalue weighted by Gasteiger charge is -2.40. The van der Waals surface area contributed by atoms with Crippen LogP contribution in [0.1, 0.15) is 13.3 Å². The summed E-state index contributed by atoms with van der Waals surface area (Å²) in [4.78, 5) is 12.7. The van der Waals surface area contributed by atoms with E-state index in [0.29, 0.717) is 5.75 Å². The predicted octanol–water partition coefficient (Wildman–Crippen LogP) is 2.00. The second-order valence-electron chi connectivity index (χ2n) is 4.36. The summed E-state index contributed by atoms with van der Waals surface area (Å²) in [5, 5.41) is 8.54. The Kier molecular flexibility index (Phi) is 3.52. The van der Waals surface area contributed by atoms with Crippen LogP contribution in [-0.2, 0) is 4.79 Å². The van der Waals surface area contributed by atoms with Crippen LogP contribution in [0.2, 0.25) is 0 Å². The van der Waals surface area contributed by atoms with Gasteiger partial charge in [0.2, 0.25) is 0 Å². The monoisotopic (exact) mass is 235 g/mol. The van der Waals surface area contributed by atoms with Crippen molar-refractivity contribution in [3.05, 3.63) is 24.3 Å². The van der Waals surface area contributed by atoms with Crippen LogP contribution in [-0.4, -0.2) is 30.8 Å². The number of aliphatic carboxylic acids is 1. The van der Waals surface area contributed by atoms with Crippen LogP contribution in [0, 0.1) is 5.92 Å². The molecule has 0 aliphatic carbocycles. The molecule has 0 radical (unpaired) electrons. The SMILES string of the molecule is CCC1CN(c2cccc(OCC(=O)O)c2)C1. The van der Waals surface area contributed by atoms with Gasteiger partial charge in [0.25, 0.3) is 0 Å². The van der Waals surface area contributed by atoms with Gasteiger partial charge in [-0.05, 0) is 24.5 Å². The quantitative estimate of drug-likeness (QED) is 0.848. The van der Waals surface area contributed by atoms with Crippen LogP contribution < -0.4 is 9.64 Å². The van der Waals surface area contributed by atoms with Crippen LogP contribution in [0.5, 0.6) is 5.75 Å². The summed E-state index contributed by atoms with van der Waals surface area (Å²) in [7, 11) is 0. The van der Waals surface area contributed by atoms with Crippen LogP contribution in [0.3, 0.4) is 0 Å². The van der Waals surface area contributed by atoms with Gasteiger partial charge < -0.3 is 14.7 Å². The summed E-state index contributed by atoms with van der Waals surface area (Å²) in [6, 6.07) is 7.60. The molecule has 2 rings (SSSR count). The van der Waals surface area contributed by atoms with Crippen LogP contribution in [0.25, 0.3) is 0 Å². The van der Waals surface area contributed by atoms with Crippen molar-refractivity contribution in [1.29, 1.82) is 0 Å². The predicted molar refractivity (Wildman–Crippen MR) is 65.6 cm³/mol. The molecule has 0 atom stereocenters. The lowest BCUT2D eigenvalue weighted by Crippen LogP contribution is -2.46. The molecule has 0 spiro atoms. The molecule has 4 heteroatoms. The van der Waals surface area contributed by atoms with Crippen molar-refractivity contribution in [2.24, 2.45) is 5.92 Å². The van der Waals surface area contributed by atoms with Crippen molar-refractivity contribution in [3.8, 4) is 5.75 Å². The Balaban J connectivity index is 1.95. The minimum atomic E-state index is -0.953. The van der Waals surface area contributed by atoms with E-state index in [0.717, 1.165) is 24.7 Å². The van der Waals surface area contributed by atoms with Gasteiger partial charge in [-0.15, -0.1) is 0 Å². The third-order valence-electron chi connectivity index (χ3n) is 3.08. The molecule has 1 fully saturated rings. The van der Waals surface area contributed by atoms with E-state index < -0.39 is 5.97 Å². The molecule has 1 saturated heterocycles. The molecule has 1 heterocycles. The molecular weight excluding hydrogens is 218 g/mol. The fourth-order valence-corrected chi connectivity index (χ4v) is 1.95. The highest BCUT2D eigenvalue weighted by Crippen LogP contribution is 2.28. The van der Waals surface area contributed by atoms with Crippen molar-refractivity contribution < 1.29 is 14.6 Å². The summed E-state index contributed by atoms with van der Waals surface area (Å²) in [5.41, 5.74) is 1.11. The smallest absolute Gasteiger partial charge is 0.341 e. The molecule has 0 unspecified atom stereocenters. The minimum absolute atomic E-state index is 0.291. The Bertz CT molecular complexity index is 399. The highest BCUT2D eigenvalue weighted by molar-refractivity contribution is 5.68. The van der Waals surface area contributed by atoms with Crippen molar-refractivity contribution in [3.63, 3.8) is 0 Å². The molecule has 1 aromatic carbocycles. The first kappa shape index (κ1) is 11.8. The van der Waals surface area contributed by atoms with Gasteiger partial charge in [-0.25, -0.2) is 4.79 Å². The molecule has 1 N–H and O–H groups in total. The normalized spacial score (nSPS) is 15.5. The van der Waals surface area contributed by atoms with Crippen molar-refractivity contribution in [1.82, 2.24) is 0 Å². The van der Waals surface area contributed by atoms with E-state index >= 15 is 0 Å². The number of anilines is 1. The molecule has 0 saturated carbocycles. The number of nitrogens with zero attached hydrogens (tertiary/aromatic N) is 1. The van der Waals surface area contributed by atoms with Crippen molar-refractivity contribution in [2.75, 3.05) is 24.6 Å². The van der Waals surface area contributed by atoms with Gasteiger partial charge in [-0.1, -0.05) is 13.0 Å². The summed E-state index contributed by atoms with van der Waals surface area (Å²) in [6.07, 6.45) is 1.21. The molecule has 0 aromatic heterocycles. The second kappa shape index (κ2) is 5.08. The summed E-state index contributed by atoms with van der Waals surface area (Å²) in [6.45, 7) is 4.08. The van der Waals surface area contributed by atoms with Gasteiger partial charge in [0.15, 0.2) is 6.61 Å². The summed E-state index contributed by atoms with van der Waals surface area (Å²) in [5.74, 6) is 0.453. The van der Waals surface area contributed by atoms with Crippen LogP contribution in [0.4, 0.5) is 5.69 Å². The van der Waals surface area contributed by atoms with Crippen LogP contribution in [0.15, 0.2) is 24.3 Å². The maximum absolute atomic E-state index is 10.4. The van der Waals surface area contributed by atoms with Gasteiger partial charge >= 0.3 is 5.97 Å². The maximum atomic E-state index is 10.4. The Morgan fingerprint density at radius 3 is 2.94 bits per heavy atom. The van der Waals surface area contributed by atoms with E-state index in [9.17, 15) is 4.79 Å². The van der Waals surface area contributed by atoms with Gasteiger partial charge in [-0.3, -0.25) is 0 Å². The van der Waals surface area contributed by atoms with E-state index in [4.69, 9.17) is 9.84 Å². The zero-order valence-corrected chi connectivity index (χ0v) is 9.93. The molecule has 4 nitrogen and oxygen atoms in total. The number of benzene rings is 1. The first-order valence-electron chi connectivity index (χ1n) is 5.88. The molecule has 0 bridgehead atoms. The first-order valence-corrected chi connectivity index (χ1v) is 5.88. The molecule has 1 aliphatic heterocycles. The lowest BCUT2D eigenvalue weighted by atomic mass is 9.96. The van der Waals surface area contributed by atoms with E-state index in [1.54, 1.807) is 6.07 Å². The fourth-order valence-electron chi connectivity index (χ4n) is 1.95. The zero-order valence-electron chi connectivity index (χ0n) is 9.93. The standard InChI is InChI=1S/C13H17NO3/c1-2-10-7-14(8-10)11-4-3-5-12(6-11)17-9-13(15)16/h3-6,10H,2,7-9H2,1H3,(H,15,16). The average molecular weight is 235 g/mol. The van der Waals surface area contributed by atoms with Crippen LogP contribution >= 0.6 is 0 Å². The Labute approximate surface area is 101 Å². The number of carboxylic acid groups (broad SMARTS) is 1. The van der Waals surface area contributed by atoms with Gasteiger partial charge in [0, 0.05) is 24.8 Å². The molecule has 1 aromatic rings. The molecule has 17 heavy (non-hydrogen) atoms. The maximum Gasteiger partial charge on any atom is 0.341 e. The van der Waals surface area contributed by atoms with Gasteiger partial charge in [0.05, 0.1) is 0 Å². The highest BCUT2D eigenvalue weighted by Gasteiger charge is 2.25. The Morgan fingerprint density at radius 1 is 1.53 bits per heavy atom. The Hall–Kier alpha value is -1.71. The largest absolute Gasteiger partial charge is 0.482 e. The van der Waals surface area contributed by atoms with E-state index in [1.165, 1.54) is 6.42 Å². The number of hydrogen-bond acceptors (Lipinski definition) is 3. The molecule has 0 amide bonds. The Morgan fingerprint density at radius 2 is 2.29 bits per heavy atom. The number of hydrogen-bond donors (Lipinski definition) is 1. The summed E-state index contributed by atoms with van der Waals surface area (Å²) < 4.78 is 5.15.